The quantitative estimate of drug-likeness (QED) is 0.744. The molecule has 0 amide bonds. The molecule has 0 saturated heterocycles. The van der Waals surface area contributed by atoms with Gasteiger partial charge < -0.3 is 10.4 Å². The van der Waals surface area contributed by atoms with E-state index in [1.807, 2.05) is 13.0 Å². The van der Waals surface area contributed by atoms with E-state index in [-0.39, 0.29) is 12.5 Å². The van der Waals surface area contributed by atoms with Crippen molar-refractivity contribution in [2.45, 2.75) is 6.92 Å². The molecule has 0 bridgehead atoms. The van der Waals surface area contributed by atoms with Crippen LogP contribution in [-0.4, -0.2) is 23.2 Å². The molecule has 1 unspecified atom stereocenters. The summed E-state index contributed by atoms with van der Waals surface area (Å²) in [5, 5.41) is 20.5. The van der Waals surface area contributed by atoms with Crippen molar-refractivity contribution in [2.24, 2.45) is 5.92 Å². The molecule has 74 valence electrons. The molecule has 0 radical (unpaired) electrons. The van der Waals surface area contributed by atoms with Crippen molar-refractivity contribution in [1.82, 2.24) is 4.98 Å². The highest BCUT2D eigenvalue weighted by Gasteiger charge is 2.00. The van der Waals surface area contributed by atoms with Gasteiger partial charge in [-0.15, -0.1) is 0 Å². The summed E-state index contributed by atoms with van der Waals surface area (Å²) >= 11 is 0. The van der Waals surface area contributed by atoms with E-state index in [4.69, 9.17) is 10.4 Å². The van der Waals surface area contributed by atoms with E-state index < -0.39 is 0 Å². The van der Waals surface area contributed by atoms with Gasteiger partial charge in [-0.25, -0.2) is 4.98 Å². The fourth-order valence-corrected chi connectivity index (χ4v) is 0.958. The Morgan fingerprint density at radius 2 is 2.50 bits per heavy atom. The second-order valence-electron chi connectivity index (χ2n) is 3.21. The van der Waals surface area contributed by atoms with Crippen LogP contribution < -0.4 is 5.32 Å². The van der Waals surface area contributed by atoms with E-state index in [0.29, 0.717) is 12.2 Å². The zero-order chi connectivity index (χ0) is 10.4. The standard InChI is InChI=1S/C10H13N3O/c1-8(7-14)6-13-9-2-3-12-10(4-9)5-11/h2-4,8,14H,6-7H2,1H3,(H,12,13). The molecule has 0 spiro atoms. The maximum atomic E-state index is 8.81. The molecular weight excluding hydrogens is 178 g/mol. The minimum Gasteiger partial charge on any atom is -0.396 e. The molecule has 0 aliphatic rings. The number of rotatable bonds is 4. The summed E-state index contributed by atoms with van der Waals surface area (Å²) in [4.78, 5) is 3.85. The second kappa shape index (κ2) is 5.20. The van der Waals surface area contributed by atoms with Crippen molar-refractivity contribution < 1.29 is 5.11 Å². The van der Waals surface area contributed by atoms with Crippen LogP contribution in [0.15, 0.2) is 18.3 Å². The molecule has 1 aromatic rings. The predicted molar refractivity (Wildman–Crippen MR) is 53.7 cm³/mol. The van der Waals surface area contributed by atoms with Crippen LogP contribution >= 0.6 is 0 Å². The van der Waals surface area contributed by atoms with Crippen LogP contribution in [0.2, 0.25) is 0 Å². The van der Waals surface area contributed by atoms with Gasteiger partial charge >= 0.3 is 0 Å². The molecule has 1 rings (SSSR count). The zero-order valence-corrected chi connectivity index (χ0v) is 8.07. The van der Waals surface area contributed by atoms with E-state index in [1.54, 1.807) is 18.3 Å². The number of aromatic nitrogens is 1. The van der Waals surface area contributed by atoms with Crippen molar-refractivity contribution >= 4 is 5.69 Å². The third-order valence-electron chi connectivity index (χ3n) is 1.84. The van der Waals surface area contributed by atoms with Crippen LogP contribution in [0.5, 0.6) is 0 Å². The van der Waals surface area contributed by atoms with Crippen LogP contribution in [0.4, 0.5) is 5.69 Å². The highest BCUT2D eigenvalue weighted by atomic mass is 16.3. The van der Waals surface area contributed by atoms with E-state index >= 15 is 0 Å². The number of pyridine rings is 1. The first kappa shape index (κ1) is 10.5. The molecule has 4 heteroatoms. The lowest BCUT2D eigenvalue weighted by atomic mass is 10.2. The van der Waals surface area contributed by atoms with Gasteiger partial charge in [0, 0.05) is 25.0 Å². The van der Waals surface area contributed by atoms with Crippen LogP contribution in [0.25, 0.3) is 0 Å². The number of nitriles is 1. The van der Waals surface area contributed by atoms with Gasteiger partial charge in [-0.3, -0.25) is 0 Å². The Morgan fingerprint density at radius 1 is 1.71 bits per heavy atom. The first-order valence-electron chi connectivity index (χ1n) is 4.47. The molecule has 1 atom stereocenters. The third-order valence-corrected chi connectivity index (χ3v) is 1.84. The average Bonchev–Trinajstić information content (AvgIpc) is 2.26. The van der Waals surface area contributed by atoms with Crippen molar-refractivity contribution in [3.05, 3.63) is 24.0 Å². The average molecular weight is 191 g/mol. The van der Waals surface area contributed by atoms with Crippen molar-refractivity contribution in [1.29, 1.82) is 5.26 Å². The number of nitrogens with one attached hydrogen (secondary N) is 1. The normalized spacial score (nSPS) is 11.8. The van der Waals surface area contributed by atoms with Gasteiger partial charge in [-0.2, -0.15) is 5.26 Å². The lowest BCUT2D eigenvalue weighted by molar-refractivity contribution is 0.244. The Balaban J connectivity index is 2.55. The molecule has 0 aliphatic heterocycles. The summed E-state index contributed by atoms with van der Waals surface area (Å²) in [5.41, 5.74) is 1.25. The number of hydrogen-bond acceptors (Lipinski definition) is 4. The van der Waals surface area contributed by atoms with Gasteiger partial charge in [0.25, 0.3) is 0 Å². The van der Waals surface area contributed by atoms with Crippen LogP contribution in [-0.2, 0) is 0 Å². The molecule has 0 saturated carbocycles. The van der Waals surface area contributed by atoms with Crippen LogP contribution in [0.1, 0.15) is 12.6 Å². The minimum absolute atomic E-state index is 0.156. The van der Waals surface area contributed by atoms with Gasteiger partial charge in [0.15, 0.2) is 0 Å². The smallest absolute Gasteiger partial charge is 0.142 e. The number of hydrogen-bond donors (Lipinski definition) is 2. The molecule has 2 N–H and O–H groups in total. The number of anilines is 1. The molecule has 0 aliphatic carbocycles. The fourth-order valence-electron chi connectivity index (χ4n) is 0.958. The Hall–Kier alpha value is -1.60. The SMILES string of the molecule is CC(CO)CNc1ccnc(C#N)c1. The Bertz CT molecular complexity index is 332. The summed E-state index contributed by atoms with van der Waals surface area (Å²) in [6.07, 6.45) is 1.59. The van der Waals surface area contributed by atoms with E-state index in [9.17, 15) is 0 Å². The lowest BCUT2D eigenvalue weighted by Crippen LogP contribution is -2.14. The monoisotopic (exact) mass is 191 g/mol. The highest BCUT2D eigenvalue weighted by Crippen LogP contribution is 2.07. The van der Waals surface area contributed by atoms with E-state index in [0.717, 1.165) is 5.69 Å². The fraction of sp³-hybridized carbons (Fsp3) is 0.400. The molecule has 1 heterocycles. The molecule has 14 heavy (non-hydrogen) atoms. The van der Waals surface area contributed by atoms with Crippen molar-refractivity contribution in [3.63, 3.8) is 0 Å². The van der Waals surface area contributed by atoms with Crippen LogP contribution in [0, 0.1) is 17.2 Å². The Morgan fingerprint density at radius 3 is 3.14 bits per heavy atom. The number of nitrogens with zero attached hydrogens (tertiary/aromatic N) is 2. The lowest BCUT2D eigenvalue weighted by Gasteiger charge is -2.10. The topological polar surface area (TPSA) is 68.9 Å². The van der Waals surface area contributed by atoms with Gasteiger partial charge in [-0.05, 0) is 18.1 Å². The summed E-state index contributed by atoms with van der Waals surface area (Å²) in [6.45, 7) is 2.79. The second-order valence-corrected chi connectivity index (χ2v) is 3.21. The number of aliphatic hydroxyl groups excluding tert-OH is 1. The molecule has 4 nitrogen and oxygen atoms in total. The summed E-state index contributed by atoms with van der Waals surface area (Å²) in [6, 6.07) is 5.45. The van der Waals surface area contributed by atoms with Gasteiger partial charge in [-0.1, -0.05) is 6.92 Å². The zero-order valence-electron chi connectivity index (χ0n) is 8.07. The molecule has 0 aromatic carbocycles. The summed E-state index contributed by atoms with van der Waals surface area (Å²) < 4.78 is 0. The molecule has 0 fully saturated rings. The van der Waals surface area contributed by atoms with Crippen molar-refractivity contribution in [2.75, 3.05) is 18.5 Å². The first-order chi connectivity index (χ1) is 6.76. The van der Waals surface area contributed by atoms with Gasteiger partial charge in [0.2, 0.25) is 0 Å². The van der Waals surface area contributed by atoms with E-state index in [2.05, 4.69) is 10.3 Å². The molecular formula is C10H13N3O. The maximum absolute atomic E-state index is 8.81. The van der Waals surface area contributed by atoms with Gasteiger partial charge in [0.05, 0.1) is 0 Å². The first-order valence-corrected chi connectivity index (χ1v) is 4.47. The summed E-state index contributed by atoms with van der Waals surface area (Å²) in [5.74, 6) is 0.203. The Kier molecular flexibility index (Phi) is 3.89. The van der Waals surface area contributed by atoms with E-state index in [1.165, 1.54) is 0 Å². The maximum Gasteiger partial charge on any atom is 0.142 e. The number of aliphatic hydroxyl groups is 1. The van der Waals surface area contributed by atoms with Crippen molar-refractivity contribution in [3.8, 4) is 6.07 Å². The summed E-state index contributed by atoms with van der Waals surface area (Å²) in [7, 11) is 0. The minimum atomic E-state index is 0.156. The Labute approximate surface area is 83.2 Å². The largest absolute Gasteiger partial charge is 0.396 e. The van der Waals surface area contributed by atoms with Gasteiger partial charge in [0.1, 0.15) is 11.8 Å². The molecule has 1 aromatic heterocycles. The predicted octanol–water partition coefficient (Wildman–Crippen LogP) is 0.994. The third kappa shape index (κ3) is 3.04. The highest BCUT2D eigenvalue weighted by molar-refractivity contribution is 5.45. The van der Waals surface area contributed by atoms with Crippen LogP contribution in [0.3, 0.4) is 0 Å².